The lowest BCUT2D eigenvalue weighted by Gasteiger charge is -2.08. The molecule has 26 heavy (non-hydrogen) atoms. The van der Waals surface area contributed by atoms with Crippen LogP contribution < -0.4 is 5.32 Å². The number of nitrogens with one attached hydrogen (secondary N) is 1. The first-order chi connectivity index (χ1) is 12.3. The van der Waals surface area contributed by atoms with Crippen molar-refractivity contribution < 1.29 is 23.1 Å². The van der Waals surface area contributed by atoms with Crippen LogP contribution in [0.15, 0.2) is 54.6 Å². The third kappa shape index (κ3) is 4.20. The van der Waals surface area contributed by atoms with E-state index in [4.69, 9.17) is 5.11 Å². The van der Waals surface area contributed by atoms with Crippen molar-refractivity contribution in [3.8, 4) is 11.3 Å². The molecule has 0 aliphatic rings. The number of thiazole rings is 1. The lowest BCUT2D eigenvalue weighted by atomic mass is 10.1. The van der Waals surface area contributed by atoms with Gasteiger partial charge in [-0.15, -0.1) is 11.3 Å². The fourth-order valence-electron chi connectivity index (χ4n) is 2.38. The van der Waals surface area contributed by atoms with E-state index in [1.54, 1.807) is 24.3 Å². The molecule has 8 heteroatoms. The van der Waals surface area contributed by atoms with Crippen molar-refractivity contribution in [3.63, 3.8) is 0 Å². The molecule has 0 aliphatic carbocycles. The molecular weight excluding hydrogens is 365 g/mol. The topological polar surface area (TPSA) is 62.2 Å². The number of anilines is 2. The number of hydrogen-bond donors (Lipinski definition) is 2. The lowest BCUT2D eigenvalue weighted by molar-refractivity contribution is -0.138. The van der Waals surface area contributed by atoms with Crippen LogP contribution in [0.1, 0.15) is 10.4 Å². The molecule has 2 aromatic carbocycles. The molecule has 0 atom stereocenters. The Morgan fingerprint density at radius 2 is 1.85 bits per heavy atom. The molecule has 3 rings (SSSR count). The maximum Gasteiger partial charge on any atom is 0.416 e. The fraction of sp³-hybridized carbons (Fsp3) is 0.111. The Kier molecular flexibility index (Phi) is 4.94. The van der Waals surface area contributed by atoms with E-state index < -0.39 is 17.7 Å². The molecule has 4 nitrogen and oxygen atoms in total. The summed E-state index contributed by atoms with van der Waals surface area (Å²) in [5, 5.41) is 12.3. The maximum atomic E-state index is 12.8. The van der Waals surface area contributed by atoms with Gasteiger partial charge in [-0.1, -0.05) is 36.4 Å². The molecule has 3 aromatic rings. The molecule has 1 heterocycles. The van der Waals surface area contributed by atoms with Crippen molar-refractivity contribution >= 4 is 28.1 Å². The van der Waals surface area contributed by atoms with Crippen LogP contribution in [0.5, 0.6) is 0 Å². The van der Waals surface area contributed by atoms with E-state index in [0.717, 1.165) is 29.0 Å². The number of nitrogens with zero attached hydrogens (tertiary/aromatic N) is 1. The number of carbonyl (C=O) groups is 1. The van der Waals surface area contributed by atoms with Gasteiger partial charge in [0.2, 0.25) is 0 Å². The number of aromatic nitrogens is 1. The van der Waals surface area contributed by atoms with Gasteiger partial charge >= 0.3 is 12.1 Å². The van der Waals surface area contributed by atoms with Crippen LogP contribution in [-0.2, 0) is 17.4 Å². The second-order valence-electron chi connectivity index (χ2n) is 5.43. The smallest absolute Gasteiger partial charge is 0.416 e. The maximum absolute atomic E-state index is 12.8. The highest BCUT2D eigenvalue weighted by Crippen LogP contribution is 2.35. The van der Waals surface area contributed by atoms with E-state index in [1.807, 2.05) is 6.07 Å². The van der Waals surface area contributed by atoms with E-state index >= 15 is 0 Å². The number of benzene rings is 2. The Balaban J connectivity index is 1.94. The lowest BCUT2D eigenvalue weighted by Crippen LogP contribution is -2.05. The van der Waals surface area contributed by atoms with Crippen LogP contribution in [-0.4, -0.2) is 16.1 Å². The summed E-state index contributed by atoms with van der Waals surface area (Å²) in [4.78, 5) is 16.0. The molecule has 2 N–H and O–H groups in total. The number of alkyl halides is 3. The second-order valence-corrected chi connectivity index (χ2v) is 6.51. The third-order valence-electron chi connectivity index (χ3n) is 3.50. The second kappa shape index (κ2) is 7.17. The Labute approximate surface area is 151 Å². The Morgan fingerprint density at radius 1 is 1.12 bits per heavy atom. The quantitative estimate of drug-likeness (QED) is 0.641. The first kappa shape index (κ1) is 17.9. The van der Waals surface area contributed by atoms with Crippen LogP contribution in [0.3, 0.4) is 0 Å². The van der Waals surface area contributed by atoms with Gasteiger partial charge < -0.3 is 10.4 Å². The summed E-state index contributed by atoms with van der Waals surface area (Å²) >= 11 is 1.11. The van der Waals surface area contributed by atoms with Crippen molar-refractivity contribution in [2.45, 2.75) is 12.6 Å². The summed E-state index contributed by atoms with van der Waals surface area (Å²) < 4.78 is 38.5. The van der Waals surface area contributed by atoms with E-state index in [2.05, 4.69) is 10.3 Å². The highest BCUT2D eigenvalue weighted by Gasteiger charge is 2.30. The van der Waals surface area contributed by atoms with Gasteiger partial charge in [0, 0.05) is 16.1 Å². The Morgan fingerprint density at radius 3 is 2.50 bits per heavy atom. The highest BCUT2D eigenvalue weighted by atomic mass is 32.1. The van der Waals surface area contributed by atoms with Crippen LogP contribution in [0.2, 0.25) is 0 Å². The summed E-state index contributed by atoms with van der Waals surface area (Å²) in [6.45, 7) is 0. The molecule has 0 spiro atoms. The molecule has 134 valence electrons. The van der Waals surface area contributed by atoms with Gasteiger partial charge in [-0.2, -0.15) is 13.2 Å². The molecule has 0 amide bonds. The van der Waals surface area contributed by atoms with E-state index in [-0.39, 0.29) is 12.1 Å². The SMILES string of the molecule is O=C(O)Cc1sc(Nc2cccc(C(F)(F)F)c2)nc1-c1ccccc1. The van der Waals surface area contributed by atoms with E-state index in [9.17, 15) is 18.0 Å². The first-order valence-corrected chi connectivity index (χ1v) is 8.36. The molecule has 0 bridgehead atoms. The molecule has 0 unspecified atom stereocenters. The van der Waals surface area contributed by atoms with Crippen LogP contribution in [0.25, 0.3) is 11.3 Å². The molecule has 0 aliphatic heterocycles. The Hall–Kier alpha value is -2.87. The molecule has 0 radical (unpaired) electrons. The van der Waals surface area contributed by atoms with Crippen LogP contribution in [0.4, 0.5) is 24.0 Å². The summed E-state index contributed by atoms with van der Waals surface area (Å²) in [7, 11) is 0. The zero-order valence-corrected chi connectivity index (χ0v) is 14.1. The molecule has 0 fully saturated rings. The number of aliphatic carboxylic acids is 1. The van der Waals surface area contributed by atoms with Gasteiger partial charge in [-0.25, -0.2) is 4.98 Å². The highest BCUT2D eigenvalue weighted by molar-refractivity contribution is 7.16. The third-order valence-corrected chi connectivity index (χ3v) is 4.47. The summed E-state index contributed by atoms with van der Waals surface area (Å²) in [6.07, 6.45) is -4.66. The number of carboxylic acid groups (broad SMARTS) is 1. The largest absolute Gasteiger partial charge is 0.481 e. The monoisotopic (exact) mass is 378 g/mol. The Bertz CT molecular complexity index is 924. The molecule has 0 saturated carbocycles. The van der Waals surface area contributed by atoms with Crippen molar-refractivity contribution in [1.29, 1.82) is 0 Å². The minimum Gasteiger partial charge on any atom is -0.481 e. The van der Waals surface area contributed by atoms with Crippen LogP contribution in [0, 0.1) is 0 Å². The average Bonchev–Trinajstić information content (AvgIpc) is 2.96. The van der Waals surface area contributed by atoms with E-state index in [0.29, 0.717) is 15.7 Å². The van der Waals surface area contributed by atoms with E-state index in [1.165, 1.54) is 12.1 Å². The summed E-state index contributed by atoms with van der Waals surface area (Å²) in [5.74, 6) is -1.00. The number of halogens is 3. The van der Waals surface area contributed by atoms with Gasteiger partial charge in [-0.05, 0) is 18.2 Å². The van der Waals surface area contributed by atoms with Gasteiger partial charge in [0.05, 0.1) is 17.7 Å². The number of rotatable bonds is 5. The average molecular weight is 378 g/mol. The number of hydrogen-bond acceptors (Lipinski definition) is 4. The minimum atomic E-state index is -4.44. The first-order valence-electron chi connectivity index (χ1n) is 7.54. The summed E-state index contributed by atoms with van der Waals surface area (Å²) in [5.41, 5.74) is 0.715. The predicted molar refractivity (Wildman–Crippen MR) is 93.6 cm³/mol. The zero-order valence-electron chi connectivity index (χ0n) is 13.2. The van der Waals surface area contributed by atoms with Crippen molar-refractivity contribution in [2.24, 2.45) is 0 Å². The summed E-state index contributed by atoms with van der Waals surface area (Å²) in [6, 6.07) is 13.8. The standard InChI is InChI=1S/C18H13F3N2O2S/c19-18(20,21)12-7-4-8-13(9-12)22-17-23-16(11-5-2-1-3-6-11)14(26-17)10-15(24)25/h1-9H,10H2,(H,22,23)(H,24,25). The van der Waals surface area contributed by atoms with Crippen molar-refractivity contribution in [3.05, 3.63) is 65.0 Å². The zero-order chi connectivity index (χ0) is 18.7. The van der Waals surface area contributed by atoms with Gasteiger partial charge in [0.25, 0.3) is 0 Å². The normalized spacial score (nSPS) is 11.3. The fourth-order valence-corrected chi connectivity index (χ4v) is 3.38. The van der Waals surface area contributed by atoms with Gasteiger partial charge in [-0.3, -0.25) is 4.79 Å². The minimum absolute atomic E-state index is 0.216. The van der Waals surface area contributed by atoms with Gasteiger partial charge in [0.1, 0.15) is 0 Å². The van der Waals surface area contributed by atoms with Crippen molar-refractivity contribution in [2.75, 3.05) is 5.32 Å². The molecule has 0 saturated heterocycles. The van der Waals surface area contributed by atoms with Crippen molar-refractivity contribution in [1.82, 2.24) is 4.98 Å². The predicted octanol–water partition coefficient (Wildman–Crippen LogP) is 5.20. The molecular formula is C18H13F3N2O2S. The number of carboxylic acids is 1. The van der Waals surface area contributed by atoms with Gasteiger partial charge in [0.15, 0.2) is 5.13 Å². The van der Waals surface area contributed by atoms with Crippen LogP contribution >= 0.6 is 11.3 Å². The molecule has 1 aromatic heterocycles.